The van der Waals surface area contributed by atoms with Gasteiger partial charge in [-0.1, -0.05) is 30.3 Å². The van der Waals surface area contributed by atoms with Gasteiger partial charge in [0, 0.05) is 30.0 Å². The minimum Gasteiger partial charge on any atom is -0.338 e. The van der Waals surface area contributed by atoms with Crippen LogP contribution in [0.1, 0.15) is 23.2 Å². The molecule has 0 radical (unpaired) electrons. The van der Waals surface area contributed by atoms with Gasteiger partial charge >= 0.3 is 6.03 Å². The van der Waals surface area contributed by atoms with Gasteiger partial charge in [-0.25, -0.2) is 4.79 Å². The number of nitrogens with zero attached hydrogens (tertiary/aromatic N) is 2. The highest BCUT2D eigenvalue weighted by molar-refractivity contribution is 7.09. The second-order valence-corrected chi connectivity index (χ2v) is 6.86. The summed E-state index contributed by atoms with van der Waals surface area (Å²) in [5.74, 6) is 1.25. The van der Waals surface area contributed by atoms with Crippen LogP contribution in [0.4, 0.5) is 4.79 Å². The smallest absolute Gasteiger partial charge is 0.314 e. The summed E-state index contributed by atoms with van der Waals surface area (Å²) < 4.78 is 5.23. The number of thiophene rings is 1. The molecule has 1 aromatic carbocycles. The van der Waals surface area contributed by atoms with Crippen LogP contribution in [0, 0.1) is 0 Å². The van der Waals surface area contributed by atoms with Crippen molar-refractivity contribution in [2.24, 2.45) is 0 Å². The second kappa shape index (κ2) is 9.15. The van der Waals surface area contributed by atoms with Crippen molar-refractivity contribution in [3.8, 4) is 11.5 Å². The molecule has 2 amide bonds. The van der Waals surface area contributed by atoms with Crippen LogP contribution in [0.25, 0.3) is 11.5 Å². The third kappa shape index (κ3) is 5.16. The van der Waals surface area contributed by atoms with Gasteiger partial charge in [-0.3, -0.25) is 0 Å². The Morgan fingerprint density at radius 3 is 2.54 bits per heavy atom. The summed E-state index contributed by atoms with van der Waals surface area (Å²) in [4.78, 5) is 17.4. The molecular formula is C19H22N4O2S. The van der Waals surface area contributed by atoms with Crippen molar-refractivity contribution in [3.63, 3.8) is 0 Å². The number of benzene rings is 1. The lowest BCUT2D eigenvalue weighted by Gasteiger charge is -2.07. The van der Waals surface area contributed by atoms with Crippen molar-refractivity contribution >= 4 is 17.4 Å². The van der Waals surface area contributed by atoms with Crippen molar-refractivity contribution in [3.05, 3.63) is 58.0 Å². The Morgan fingerprint density at radius 2 is 1.88 bits per heavy atom. The second-order valence-electron chi connectivity index (χ2n) is 5.83. The molecule has 0 spiro atoms. The summed E-state index contributed by atoms with van der Waals surface area (Å²) in [6.07, 6.45) is 2.38. The summed E-state index contributed by atoms with van der Waals surface area (Å²) in [6.45, 7) is 3.22. The minimum atomic E-state index is -0.129. The molecule has 0 aliphatic carbocycles. The van der Waals surface area contributed by atoms with Gasteiger partial charge in [0.25, 0.3) is 5.89 Å². The summed E-state index contributed by atoms with van der Waals surface area (Å²) in [6, 6.07) is 11.9. The van der Waals surface area contributed by atoms with E-state index in [9.17, 15) is 4.79 Å². The fraction of sp³-hybridized carbons (Fsp3) is 0.316. The van der Waals surface area contributed by atoms with E-state index in [2.05, 4.69) is 26.8 Å². The third-order valence-corrected chi connectivity index (χ3v) is 4.86. The van der Waals surface area contributed by atoms with E-state index in [0.717, 1.165) is 30.4 Å². The van der Waals surface area contributed by atoms with E-state index < -0.39 is 0 Å². The quantitative estimate of drug-likeness (QED) is 0.636. The number of rotatable bonds is 8. The van der Waals surface area contributed by atoms with Gasteiger partial charge in [0.2, 0.25) is 0 Å². The molecule has 136 valence electrons. The number of urea groups is 1. The Labute approximate surface area is 156 Å². The topological polar surface area (TPSA) is 80.0 Å². The molecule has 0 aliphatic rings. The van der Waals surface area contributed by atoms with Crippen LogP contribution < -0.4 is 10.6 Å². The molecule has 3 rings (SSSR count). The Kier molecular flexibility index (Phi) is 6.38. The number of aryl methyl sites for hydroxylation is 1. The van der Waals surface area contributed by atoms with E-state index in [1.807, 2.05) is 42.6 Å². The fourth-order valence-corrected chi connectivity index (χ4v) is 3.17. The van der Waals surface area contributed by atoms with Crippen LogP contribution in [-0.2, 0) is 19.3 Å². The van der Waals surface area contributed by atoms with Crippen LogP contribution in [0.3, 0.4) is 0 Å². The Hall–Kier alpha value is -2.67. The van der Waals surface area contributed by atoms with Crippen molar-refractivity contribution in [1.29, 1.82) is 0 Å². The largest absolute Gasteiger partial charge is 0.338 e. The monoisotopic (exact) mass is 370 g/mol. The number of aromatic nitrogens is 2. The number of carbonyl (C=O) groups excluding carboxylic acids is 1. The van der Waals surface area contributed by atoms with Gasteiger partial charge in [-0.2, -0.15) is 4.98 Å². The summed E-state index contributed by atoms with van der Waals surface area (Å²) >= 11 is 1.70. The maximum absolute atomic E-state index is 11.8. The first-order valence-electron chi connectivity index (χ1n) is 8.70. The van der Waals surface area contributed by atoms with Gasteiger partial charge < -0.3 is 15.2 Å². The van der Waals surface area contributed by atoms with Gasteiger partial charge in [0.15, 0.2) is 5.82 Å². The van der Waals surface area contributed by atoms with Gasteiger partial charge in [-0.15, -0.1) is 11.3 Å². The highest BCUT2D eigenvalue weighted by Crippen LogP contribution is 2.18. The minimum absolute atomic E-state index is 0.129. The van der Waals surface area contributed by atoms with Crippen LogP contribution in [-0.4, -0.2) is 29.3 Å². The SMILES string of the molecule is CCc1noc(-c2ccc(CCNC(=O)NCCc3cccs3)cc2)n1. The van der Waals surface area contributed by atoms with E-state index >= 15 is 0 Å². The molecule has 0 fully saturated rings. The van der Waals surface area contributed by atoms with Crippen molar-refractivity contribution < 1.29 is 9.32 Å². The zero-order valence-electron chi connectivity index (χ0n) is 14.7. The molecule has 26 heavy (non-hydrogen) atoms. The van der Waals surface area contributed by atoms with Crippen molar-refractivity contribution in [1.82, 2.24) is 20.8 Å². The van der Waals surface area contributed by atoms with E-state index in [1.54, 1.807) is 11.3 Å². The molecule has 0 unspecified atom stereocenters. The molecular weight excluding hydrogens is 348 g/mol. The zero-order chi connectivity index (χ0) is 18.2. The highest BCUT2D eigenvalue weighted by Gasteiger charge is 2.07. The van der Waals surface area contributed by atoms with Crippen LogP contribution in [0.15, 0.2) is 46.3 Å². The summed E-state index contributed by atoms with van der Waals surface area (Å²) in [5, 5.41) is 11.7. The normalized spacial score (nSPS) is 10.7. The molecule has 0 bridgehead atoms. The average Bonchev–Trinajstić information content (AvgIpc) is 3.34. The Balaban J connectivity index is 1.38. The van der Waals surface area contributed by atoms with E-state index in [4.69, 9.17) is 4.52 Å². The molecule has 0 saturated heterocycles. The number of nitrogens with one attached hydrogen (secondary N) is 2. The Morgan fingerprint density at radius 1 is 1.12 bits per heavy atom. The lowest BCUT2D eigenvalue weighted by molar-refractivity contribution is 0.241. The molecule has 7 heteroatoms. The molecule has 2 heterocycles. The average molecular weight is 370 g/mol. The first kappa shape index (κ1) is 18.1. The number of hydrogen-bond acceptors (Lipinski definition) is 5. The summed E-state index contributed by atoms with van der Waals surface area (Å²) in [5.41, 5.74) is 2.04. The van der Waals surface area contributed by atoms with Gasteiger partial charge in [-0.05, 0) is 42.0 Å². The predicted octanol–water partition coefficient (Wildman–Crippen LogP) is 3.44. The first-order valence-corrected chi connectivity index (χ1v) is 9.58. The lowest BCUT2D eigenvalue weighted by atomic mass is 10.1. The number of amides is 2. The Bertz CT molecular complexity index is 812. The lowest BCUT2D eigenvalue weighted by Crippen LogP contribution is -2.37. The molecule has 2 aromatic heterocycles. The standard InChI is InChI=1S/C19H22N4O2S/c1-2-17-22-18(25-23-17)15-7-5-14(6-8-15)9-11-20-19(24)21-12-10-16-4-3-13-26-16/h3-8,13H,2,9-12H2,1H3,(H2,20,21,24). The van der Waals surface area contributed by atoms with E-state index in [1.165, 1.54) is 4.88 Å². The van der Waals surface area contributed by atoms with Crippen LogP contribution >= 0.6 is 11.3 Å². The maximum Gasteiger partial charge on any atom is 0.314 e. The predicted molar refractivity (Wildman–Crippen MR) is 102 cm³/mol. The molecule has 0 atom stereocenters. The number of carbonyl (C=O) groups is 1. The zero-order valence-corrected chi connectivity index (χ0v) is 15.5. The van der Waals surface area contributed by atoms with Crippen molar-refractivity contribution in [2.75, 3.05) is 13.1 Å². The maximum atomic E-state index is 11.8. The van der Waals surface area contributed by atoms with E-state index in [-0.39, 0.29) is 6.03 Å². The molecule has 0 aliphatic heterocycles. The molecule has 0 saturated carbocycles. The van der Waals surface area contributed by atoms with Gasteiger partial charge in [0.05, 0.1) is 0 Å². The number of hydrogen-bond donors (Lipinski definition) is 2. The first-order chi connectivity index (χ1) is 12.7. The molecule has 6 nitrogen and oxygen atoms in total. The molecule has 3 aromatic rings. The highest BCUT2D eigenvalue weighted by atomic mass is 32.1. The molecule has 2 N–H and O–H groups in total. The van der Waals surface area contributed by atoms with Gasteiger partial charge in [0.1, 0.15) is 0 Å². The van der Waals surface area contributed by atoms with Crippen LogP contribution in [0.5, 0.6) is 0 Å². The van der Waals surface area contributed by atoms with Crippen LogP contribution in [0.2, 0.25) is 0 Å². The van der Waals surface area contributed by atoms with E-state index in [0.29, 0.717) is 24.8 Å². The fourth-order valence-electron chi connectivity index (χ4n) is 2.47. The van der Waals surface area contributed by atoms with Crippen molar-refractivity contribution in [2.45, 2.75) is 26.2 Å². The third-order valence-electron chi connectivity index (χ3n) is 3.92. The summed E-state index contributed by atoms with van der Waals surface area (Å²) in [7, 11) is 0.